The third-order valence-corrected chi connectivity index (χ3v) is 4.45. The molecule has 3 rings (SSSR count). The predicted octanol–water partition coefficient (Wildman–Crippen LogP) is 3.63. The summed E-state index contributed by atoms with van der Waals surface area (Å²) in [5.74, 6) is 2.09. The second-order valence-electron chi connectivity index (χ2n) is 6.06. The summed E-state index contributed by atoms with van der Waals surface area (Å²) in [4.78, 5) is 14.6. The van der Waals surface area contributed by atoms with Crippen LogP contribution in [0.1, 0.15) is 23.2 Å². The molecule has 0 radical (unpaired) electrons. The van der Waals surface area contributed by atoms with E-state index in [1.807, 2.05) is 59.5 Å². The molecule has 1 unspecified atom stereocenters. The summed E-state index contributed by atoms with van der Waals surface area (Å²) in [5, 5.41) is 0. The summed E-state index contributed by atoms with van der Waals surface area (Å²) in [6.07, 6.45) is 1.99. The number of benzene rings is 2. The lowest BCUT2D eigenvalue weighted by Gasteiger charge is -2.18. The monoisotopic (exact) mass is 325 g/mol. The van der Waals surface area contributed by atoms with Gasteiger partial charge in [-0.2, -0.15) is 0 Å². The molecule has 1 aliphatic heterocycles. The van der Waals surface area contributed by atoms with E-state index in [0.29, 0.717) is 23.8 Å². The Kier molecular flexibility index (Phi) is 5.36. The highest BCUT2D eigenvalue weighted by molar-refractivity contribution is 5.97. The second kappa shape index (κ2) is 7.86. The molecule has 126 valence electrons. The molecular weight excluding hydrogens is 302 g/mol. The Morgan fingerprint density at radius 3 is 2.67 bits per heavy atom. The molecule has 4 nitrogen and oxygen atoms in total. The molecule has 1 atom stereocenters. The Morgan fingerprint density at radius 1 is 1.12 bits per heavy atom. The van der Waals surface area contributed by atoms with E-state index in [2.05, 4.69) is 0 Å². The van der Waals surface area contributed by atoms with Gasteiger partial charge in [0.25, 0.3) is 5.91 Å². The van der Waals surface area contributed by atoms with Crippen LogP contribution >= 0.6 is 0 Å². The lowest BCUT2D eigenvalue weighted by molar-refractivity contribution is 0.0782. The smallest absolute Gasteiger partial charge is 0.257 e. The first-order chi connectivity index (χ1) is 11.8. The van der Waals surface area contributed by atoms with Gasteiger partial charge in [-0.05, 0) is 43.0 Å². The number of carbonyl (C=O) groups excluding carboxylic acids is 1. The van der Waals surface area contributed by atoms with Gasteiger partial charge >= 0.3 is 0 Å². The average molecular weight is 325 g/mol. The van der Waals surface area contributed by atoms with Crippen LogP contribution in [0.25, 0.3) is 0 Å². The topological polar surface area (TPSA) is 38.8 Å². The molecule has 24 heavy (non-hydrogen) atoms. The van der Waals surface area contributed by atoms with Crippen LogP contribution in [0, 0.1) is 5.92 Å². The molecule has 1 fully saturated rings. The number of amides is 1. The van der Waals surface area contributed by atoms with Crippen molar-refractivity contribution in [3.05, 3.63) is 60.2 Å². The number of hydrogen-bond donors (Lipinski definition) is 0. The molecular formula is C20H23NO3. The summed E-state index contributed by atoms with van der Waals surface area (Å²) >= 11 is 0. The van der Waals surface area contributed by atoms with E-state index in [-0.39, 0.29) is 5.91 Å². The quantitative estimate of drug-likeness (QED) is 0.814. The Bertz CT molecular complexity index is 672. The van der Waals surface area contributed by atoms with Crippen molar-refractivity contribution in [3.8, 4) is 11.5 Å². The molecule has 2 aromatic rings. The van der Waals surface area contributed by atoms with Crippen molar-refractivity contribution in [3.63, 3.8) is 0 Å². The van der Waals surface area contributed by atoms with Crippen LogP contribution in [0.5, 0.6) is 11.5 Å². The lowest BCUT2D eigenvalue weighted by Crippen LogP contribution is -2.29. The molecule has 2 aromatic carbocycles. The van der Waals surface area contributed by atoms with E-state index in [4.69, 9.17) is 9.47 Å². The van der Waals surface area contributed by atoms with Crippen molar-refractivity contribution in [1.82, 2.24) is 4.90 Å². The number of hydrogen-bond acceptors (Lipinski definition) is 3. The molecule has 0 saturated carbocycles. The largest absolute Gasteiger partial charge is 0.496 e. The Morgan fingerprint density at radius 2 is 1.88 bits per heavy atom. The van der Waals surface area contributed by atoms with Gasteiger partial charge in [-0.15, -0.1) is 0 Å². The molecule has 1 aliphatic rings. The maximum Gasteiger partial charge on any atom is 0.257 e. The highest BCUT2D eigenvalue weighted by Gasteiger charge is 2.28. The molecule has 1 saturated heterocycles. The number of rotatable bonds is 6. The van der Waals surface area contributed by atoms with Gasteiger partial charge in [-0.1, -0.05) is 30.3 Å². The van der Waals surface area contributed by atoms with Gasteiger partial charge in [0.15, 0.2) is 0 Å². The first-order valence-electron chi connectivity index (χ1n) is 8.38. The zero-order valence-corrected chi connectivity index (χ0v) is 14.0. The fraction of sp³-hybridized carbons (Fsp3) is 0.350. The summed E-state index contributed by atoms with van der Waals surface area (Å²) < 4.78 is 11.1. The summed E-state index contributed by atoms with van der Waals surface area (Å²) in [6, 6.07) is 17.3. The normalized spacial score (nSPS) is 16.9. The maximum atomic E-state index is 12.7. The zero-order chi connectivity index (χ0) is 16.8. The third-order valence-electron chi connectivity index (χ3n) is 4.45. The molecule has 1 amide bonds. The SMILES string of the molecule is COc1ccccc1C(=O)N1CCC(CCOc2ccccc2)C1. The second-order valence-corrected chi connectivity index (χ2v) is 6.06. The number of carbonyl (C=O) groups is 1. The highest BCUT2D eigenvalue weighted by Crippen LogP contribution is 2.25. The third kappa shape index (κ3) is 3.88. The van der Waals surface area contributed by atoms with E-state index in [1.165, 1.54) is 0 Å². The summed E-state index contributed by atoms with van der Waals surface area (Å²) in [6.45, 7) is 2.27. The van der Waals surface area contributed by atoms with Crippen molar-refractivity contribution in [2.45, 2.75) is 12.8 Å². The minimum Gasteiger partial charge on any atom is -0.496 e. The van der Waals surface area contributed by atoms with Gasteiger partial charge in [-0.25, -0.2) is 0 Å². The highest BCUT2D eigenvalue weighted by atomic mass is 16.5. The van der Waals surface area contributed by atoms with Crippen LogP contribution in [0.2, 0.25) is 0 Å². The Hall–Kier alpha value is -2.49. The average Bonchev–Trinajstić information content (AvgIpc) is 3.11. The van der Waals surface area contributed by atoms with Crippen molar-refractivity contribution in [1.29, 1.82) is 0 Å². The minimum atomic E-state index is 0.0546. The van der Waals surface area contributed by atoms with Crippen LogP contribution in [0.15, 0.2) is 54.6 Å². The van der Waals surface area contributed by atoms with E-state index in [9.17, 15) is 4.79 Å². The molecule has 0 aliphatic carbocycles. The lowest BCUT2D eigenvalue weighted by atomic mass is 10.1. The molecule has 0 bridgehead atoms. The van der Waals surface area contributed by atoms with Gasteiger partial charge in [-0.3, -0.25) is 4.79 Å². The van der Waals surface area contributed by atoms with E-state index >= 15 is 0 Å². The van der Waals surface area contributed by atoms with E-state index in [1.54, 1.807) is 7.11 Å². The fourth-order valence-corrected chi connectivity index (χ4v) is 3.10. The molecule has 4 heteroatoms. The Balaban J connectivity index is 1.51. The van der Waals surface area contributed by atoms with Gasteiger partial charge in [0.1, 0.15) is 11.5 Å². The van der Waals surface area contributed by atoms with Crippen molar-refractivity contribution in [2.24, 2.45) is 5.92 Å². The van der Waals surface area contributed by atoms with Crippen molar-refractivity contribution in [2.75, 3.05) is 26.8 Å². The number of nitrogens with zero attached hydrogens (tertiary/aromatic N) is 1. The first kappa shape index (κ1) is 16.4. The van der Waals surface area contributed by atoms with Gasteiger partial charge in [0, 0.05) is 13.1 Å². The molecule has 0 N–H and O–H groups in total. The standard InChI is InChI=1S/C20H23NO3/c1-23-19-10-6-5-9-18(19)20(22)21-13-11-16(15-21)12-14-24-17-7-3-2-4-8-17/h2-10,16H,11-15H2,1H3. The number of para-hydroxylation sites is 2. The van der Waals surface area contributed by atoms with Gasteiger partial charge in [0.05, 0.1) is 19.3 Å². The maximum absolute atomic E-state index is 12.7. The predicted molar refractivity (Wildman–Crippen MR) is 93.6 cm³/mol. The summed E-state index contributed by atoms with van der Waals surface area (Å²) in [7, 11) is 1.60. The molecule has 1 heterocycles. The van der Waals surface area contributed by atoms with Gasteiger partial charge < -0.3 is 14.4 Å². The fourth-order valence-electron chi connectivity index (χ4n) is 3.10. The molecule has 0 spiro atoms. The van der Waals surface area contributed by atoms with Crippen LogP contribution < -0.4 is 9.47 Å². The van der Waals surface area contributed by atoms with Crippen LogP contribution in [0.3, 0.4) is 0 Å². The van der Waals surface area contributed by atoms with Crippen molar-refractivity contribution >= 4 is 5.91 Å². The zero-order valence-electron chi connectivity index (χ0n) is 14.0. The van der Waals surface area contributed by atoms with Crippen LogP contribution in [0.4, 0.5) is 0 Å². The van der Waals surface area contributed by atoms with Crippen LogP contribution in [-0.4, -0.2) is 37.6 Å². The van der Waals surface area contributed by atoms with Crippen molar-refractivity contribution < 1.29 is 14.3 Å². The van der Waals surface area contributed by atoms with E-state index in [0.717, 1.165) is 31.7 Å². The van der Waals surface area contributed by atoms with E-state index < -0.39 is 0 Å². The number of likely N-dealkylation sites (tertiary alicyclic amines) is 1. The van der Waals surface area contributed by atoms with Crippen LogP contribution in [-0.2, 0) is 0 Å². The minimum absolute atomic E-state index is 0.0546. The number of methoxy groups -OCH3 is 1. The summed E-state index contributed by atoms with van der Waals surface area (Å²) in [5.41, 5.74) is 0.640. The molecule has 0 aromatic heterocycles. The van der Waals surface area contributed by atoms with Gasteiger partial charge in [0.2, 0.25) is 0 Å². The first-order valence-corrected chi connectivity index (χ1v) is 8.38. The Labute approximate surface area is 143 Å². The number of ether oxygens (including phenoxy) is 2.